The highest BCUT2D eigenvalue weighted by atomic mass is 15.2. The molecule has 0 aromatic rings. The summed E-state index contributed by atoms with van der Waals surface area (Å²) in [6, 6.07) is 1.10. The lowest BCUT2D eigenvalue weighted by atomic mass is 9.83. The summed E-state index contributed by atoms with van der Waals surface area (Å²) >= 11 is 0. The Morgan fingerprint density at radius 3 is 1.86 bits per heavy atom. The van der Waals surface area contributed by atoms with Gasteiger partial charge in [0.05, 0.1) is 12.1 Å². The van der Waals surface area contributed by atoms with E-state index in [0.717, 1.165) is 11.8 Å². The maximum atomic E-state index is 4.51. The Kier molecular flexibility index (Phi) is 1.78. The molecule has 0 N–H and O–H groups in total. The van der Waals surface area contributed by atoms with Gasteiger partial charge in [-0.05, 0) is 24.7 Å². The molecule has 2 saturated carbocycles. The van der Waals surface area contributed by atoms with Gasteiger partial charge in [0.2, 0.25) is 0 Å². The molecule has 4 atom stereocenters. The Morgan fingerprint density at radius 1 is 0.857 bits per heavy atom. The number of fused-ring (bicyclic) bond motifs is 5. The van der Waals surface area contributed by atoms with E-state index in [0.29, 0.717) is 17.5 Å². The fourth-order valence-corrected chi connectivity index (χ4v) is 4.04. The largest absolute Gasteiger partial charge is 0.190 e. The molecule has 2 aliphatic carbocycles. The van der Waals surface area contributed by atoms with Crippen molar-refractivity contribution in [3.63, 3.8) is 0 Å². The second-order valence-electron chi connectivity index (χ2n) is 5.91. The van der Waals surface area contributed by atoms with Gasteiger partial charge in [-0.25, -0.2) is 0 Å². The molecule has 0 unspecified atom stereocenters. The zero-order valence-corrected chi connectivity index (χ0v) is 9.24. The molecule has 2 bridgehead atoms. The summed E-state index contributed by atoms with van der Waals surface area (Å²) < 4.78 is 0. The molecular weight excluding hydrogens is 172 g/mol. The van der Waals surface area contributed by atoms with Gasteiger partial charge in [-0.3, -0.25) is 0 Å². The van der Waals surface area contributed by atoms with Crippen LogP contribution in [0.15, 0.2) is 10.2 Å². The van der Waals surface area contributed by atoms with E-state index in [2.05, 4.69) is 24.1 Å². The molecule has 0 spiro atoms. The summed E-state index contributed by atoms with van der Waals surface area (Å²) in [4.78, 5) is 0. The zero-order valence-electron chi connectivity index (χ0n) is 9.24. The monoisotopic (exact) mass is 192 g/mol. The molecule has 78 valence electrons. The molecule has 0 aromatic heterocycles. The quantitative estimate of drug-likeness (QED) is 0.562. The van der Waals surface area contributed by atoms with E-state index in [4.69, 9.17) is 0 Å². The average Bonchev–Trinajstić information content (AvgIpc) is 2.48. The molecule has 0 aromatic carbocycles. The van der Waals surface area contributed by atoms with Crippen molar-refractivity contribution in [1.29, 1.82) is 0 Å². The van der Waals surface area contributed by atoms with Gasteiger partial charge >= 0.3 is 0 Å². The summed E-state index contributed by atoms with van der Waals surface area (Å²) in [6.07, 6.45) is 7.11. The molecule has 0 saturated heterocycles. The lowest BCUT2D eigenvalue weighted by Gasteiger charge is -2.23. The lowest BCUT2D eigenvalue weighted by molar-refractivity contribution is 0.292. The van der Waals surface area contributed by atoms with Crippen LogP contribution in [0.25, 0.3) is 0 Å². The fraction of sp³-hybridized carbons (Fsp3) is 1.00. The van der Waals surface area contributed by atoms with Crippen LogP contribution in [-0.4, -0.2) is 12.1 Å². The van der Waals surface area contributed by atoms with Crippen LogP contribution in [0.2, 0.25) is 0 Å². The Balaban J connectivity index is 1.94. The van der Waals surface area contributed by atoms with Crippen LogP contribution in [0, 0.1) is 17.3 Å². The van der Waals surface area contributed by atoms with Crippen molar-refractivity contribution in [1.82, 2.24) is 0 Å². The molecule has 3 rings (SSSR count). The first-order valence-electron chi connectivity index (χ1n) is 6.11. The van der Waals surface area contributed by atoms with E-state index in [9.17, 15) is 0 Å². The zero-order chi connectivity index (χ0) is 9.76. The summed E-state index contributed by atoms with van der Waals surface area (Å²) in [7, 11) is 0. The summed E-state index contributed by atoms with van der Waals surface area (Å²) in [5.74, 6) is 1.74. The van der Waals surface area contributed by atoms with E-state index in [1.165, 1.54) is 32.1 Å². The molecule has 3 aliphatic rings. The second-order valence-corrected chi connectivity index (χ2v) is 5.91. The Labute approximate surface area is 86.2 Å². The first-order chi connectivity index (χ1) is 6.71. The van der Waals surface area contributed by atoms with Gasteiger partial charge in [0.1, 0.15) is 0 Å². The summed E-state index contributed by atoms with van der Waals surface area (Å²) in [5, 5.41) is 9.02. The average molecular weight is 192 g/mol. The Bertz CT molecular complexity index is 245. The number of hydrogen-bond donors (Lipinski definition) is 0. The van der Waals surface area contributed by atoms with Crippen molar-refractivity contribution >= 4 is 0 Å². The minimum absolute atomic E-state index is 0.368. The van der Waals surface area contributed by atoms with Gasteiger partial charge in [0, 0.05) is 5.41 Å². The first-order valence-corrected chi connectivity index (χ1v) is 6.11. The van der Waals surface area contributed by atoms with Crippen LogP contribution in [0.3, 0.4) is 0 Å². The predicted octanol–water partition coefficient (Wildman–Crippen LogP) is 3.43. The van der Waals surface area contributed by atoms with Gasteiger partial charge in [-0.2, -0.15) is 10.2 Å². The third-order valence-electron chi connectivity index (χ3n) is 4.78. The molecule has 14 heavy (non-hydrogen) atoms. The number of nitrogens with zero attached hydrogens (tertiary/aromatic N) is 2. The van der Waals surface area contributed by atoms with Crippen LogP contribution >= 0.6 is 0 Å². The minimum Gasteiger partial charge on any atom is -0.190 e. The molecule has 0 radical (unpaired) electrons. The molecule has 2 nitrogen and oxygen atoms in total. The summed E-state index contributed by atoms with van der Waals surface area (Å²) in [5.41, 5.74) is 0.368. The highest BCUT2D eigenvalue weighted by Crippen LogP contribution is 2.57. The van der Waals surface area contributed by atoms with E-state index in [1.807, 2.05) is 0 Å². The van der Waals surface area contributed by atoms with Gasteiger partial charge in [-0.15, -0.1) is 0 Å². The summed E-state index contributed by atoms with van der Waals surface area (Å²) in [6.45, 7) is 4.74. The van der Waals surface area contributed by atoms with E-state index in [1.54, 1.807) is 0 Å². The van der Waals surface area contributed by atoms with E-state index >= 15 is 0 Å². The third-order valence-corrected chi connectivity index (χ3v) is 4.78. The van der Waals surface area contributed by atoms with Gasteiger partial charge in [0.25, 0.3) is 0 Å². The van der Waals surface area contributed by atoms with Crippen molar-refractivity contribution in [2.45, 2.75) is 58.0 Å². The Morgan fingerprint density at radius 2 is 1.36 bits per heavy atom. The van der Waals surface area contributed by atoms with Crippen molar-refractivity contribution in [2.75, 3.05) is 0 Å². The highest BCUT2D eigenvalue weighted by molar-refractivity contribution is 5.12. The molecule has 0 amide bonds. The first kappa shape index (κ1) is 8.87. The van der Waals surface area contributed by atoms with E-state index < -0.39 is 0 Å². The van der Waals surface area contributed by atoms with Crippen LogP contribution < -0.4 is 0 Å². The van der Waals surface area contributed by atoms with E-state index in [-0.39, 0.29) is 0 Å². The SMILES string of the molecule is CC1(C)[C@@H]2N=N[C@H]1[C@H]1CCCCC[C@H]12. The second kappa shape index (κ2) is 2.80. The van der Waals surface area contributed by atoms with Gasteiger partial charge < -0.3 is 0 Å². The van der Waals surface area contributed by atoms with Gasteiger partial charge in [0.15, 0.2) is 0 Å². The lowest BCUT2D eigenvalue weighted by Crippen LogP contribution is -2.27. The molecular formula is C12H20N2. The van der Waals surface area contributed by atoms with Crippen molar-refractivity contribution < 1.29 is 0 Å². The van der Waals surface area contributed by atoms with Crippen LogP contribution in [0.5, 0.6) is 0 Å². The molecule has 1 heterocycles. The van der Waals surface area contributed by atoms with Crippen LogP contribution in [0.4, 0.5) is 0 Å². The maximum absolute atomic E-state index is 4.51. The van der Waals surface area contributed by atoms with Crippen molar-refractivity contribution in [3.8, 4) is 0 Å². The van der Waals surface area contributed by atoms with Crippen LogP contribution in [-0.2, 0) is 0 Å². The van der Waals surface area contributed by atoms with Crippen molar-refractivity contribution in [2.24, 2.45) is 27.5 Å². The number of hydrogen-bond acceptors (Lipinski definition) is 2. The smallest absolute Gasteiger partial charge is 0.0811 e. The fourth-order valence-electron chi connectivity index (χ4n) is 4.04. The minimum atomic E-state index is 0.368. The highest BCUT2D eigenvalue weighted by Gasteiger charge is 2.58. The van der Waals surface area contributed by atoms with Crippen LogP contribution in [0.1, 0.15) is 46.0 Å². The number of azo groups is 1. The maximum Gasteiger partial charge on any atom is 0.0811 e. The van der Waals surface area contributed by atoms with Crippen molar-refractivity contribution in [3.05, 3.63) is 0 Å². The van der Waals surface area contributed by atoms with Gasteiger partial charge in [-0.1, -0.05) is 33.1 Å². The molecule has 2 fully saturated rings. The number of rotatable bonds is 0. The Hall–Kier alpha value is -0.400. The standard InChI is InChI=1S/C12H20N2/c1-12(2)10-8-6-4-3-5-7-9(8)11(12)14-13-10/h8-11H,3-7H2,1-2H3/t8-,9+,10-,11+. The molecule has 1 aliphatic heterocycles. The predicted molar refractivity (Wildman–Crippen MR) is 56.3 cm³/mol. The molecule has 2 heteroatoms. The topological polar surface area (TPSA) is 24.7 Å². The third kappa shape index (κ3) is 0.973. The normalized spacial score (nSPS) is 49.0.